The number of nitrogens with one attached hydrogen (secondary N) is 1. The quantitative estimate of drug-likeness (QED) is 0.921. The van der Waals surface area contributed by atoms with Gasteiger partial charge in [0.2, 0.25) is 0 Å². The van der Waals surface area contributed by atoms with Gasteiger partial charge in [-0.1, -0.05) is 0 Å². The molecule has 0 bridgehead atoms. The van der Waals surface area contributed by atoms with Crippen LogP contribution in [0, 0.1) is 6.92 Å². The highest BCUT2D eigenvalue weighted by Crippen LogP contribution is 2.18. The Labute approximate surface area is 123 Å². The van der Waals surface area contributed by atoms with Crippen LogP contribution in [0.2, 0.25) is 0 Å². The van der Waals surface area contributed by atoms with Crippen LogP contribution in [0.15, 0.2) is 30.5 Å². The Morgan fingerprint density at radius 1 is 1.29 bits per heavy atom. The number of urea groups is 1. The minimum Gasteiger partial charge on any atom is -0.497 e. The number of fused-ring (bicyclic) bond motifs is 1. The molecule has 1 aliphatic heterocycles. The van der Waals surface area contributed by atoms with E-state index in [9.17, 15) is 4.79 Å². The standard InChI is InChI=1S/C15H18N4O2/c1-11-16-9-13-10-18(7-8-19(11)13)15(20)17-12-3-5-14(21-2)6-4-12/h3-6,9H,7-8,10H2,1-2H3,(H,17,20). The fourth-order valence-corrected chi connectivity index (χ4v) is 2.49. The zero-order valence-electron chi connectivity index (χ0n) is 12.2. The Bertz CT molecular complexity index is 648. The number of rotatable bonds is 2. The summed E-state index contributed by atoms with van der Waals surface area (Å²) in [6.07, 6.45) is 1.84. The number of carbonyl (C=O) groups is 1. The van der Waals surface area contributed by atoms with Crippen molar-refractivity contribution in [1.29, 1.82) is 0 Å². The van der Waals surface area contributed by atoms with Crippen LogP contribution in [-0.4, -0.2) is 34.1 Å². The van der Waals surface area contributed by atoms with Crippen LogP contribution in [-0.2, 0) is 13.1 Å². The van der Waals surface area contributed by atoms with Crippen LogP contribution in [0.5, 0.6) is 5.75 Å². The number of methoxy groups -OCH3 is 1. The van der Waals surface area contributed by atoms with E-state index in [1.54, 1.807) is 12.0 Å². The molecule has 1 N–H and O–H groups in total. The van der Waals surface area contributed by atoms with Gasteiger partial charge in [-0.25, -0.2) is 9.78 Å². The van der Waals surface area contributed by atoms with Crippen molar-refractivity contribution >= 4 is 11.7 Å². The van der Waals surface area contributed by atoms with Crippen LogP contribution in [0.3, 0.4) is 0 Å². The maximum Gasteiger partial charge on any atom is 0.322 e. The number of carbonyl (C=O) groups excluding carboxylic acids is 1. The van der Waals surface area contributed by atoms with Crippen molar-refractivity contribution in [3.63, 3.8) is 0 Å². The second kappa shape index (κ2) is 5.47. The SMILES string of the molecule is COc1ccc(NC(=O)N2CCn3c(cnc3C)C2)cc1. The average Bonchev–Trinajstić information content (AvgIpc) is 2.89. The van der Waals surface area contributed by atoms with E-state index in [-0.39, 0.29) is 6.03 Å². The van der Waals surface area contributed by atoms with Gasteiger partial charge in [0.1, 0.15) is 11.6 Å². The molecule has 0 unspecified atom stereocenters. The van der Waals surface area contributed by atoms with Crippen LogP contribution in [0.25, 0.3) is 0 Å². The Hall–Kier alpha value is -2.50. The summed E-state index contributed by atoms with van der Waals surface area (Å²) < 4.78 is 7.25. The summed E-state index contributed by atoms with van der Waals surface area (Å²) in [7, 11) is 1.62. The molecule has 3 rings (SSSR count). The Morgan fingerprint density at radius 2 is 2.05 bits per heavy atom. The number of nitrogens with zero attached hydrogens (tertiary/aromatic N) is 3. The smallest absolute Gasteiger partial charge is 0.322 e. The van der Waals surface area contributed by atoms with Gasteiger partial charge in [-0.3, -0.25) is 0 Å². The first-order valence-electron chi connectivity index (χ1n) is 6.88. The van der Waals surface area contributed by atoms with E-state index in [0.29, 0.717) is 13.1 Å². The number of anilines is 1. The number of imidazole rings is 1. The van der Waals surface area contributed by atoms with Crippen molar-refractivity contribution in [1.82, 2.24) is 14.5 Å². The molecule has 2 aromatic rings. The zero-order valence-corrected chi connectivity index (χ0v) is 12.2. The lowest BCUT2D eigenvalue weighted by Crippen LogP contribution is -2.40. The lowest BCUT2D eigenvalue weighted by molar-refractivity contribution is 0.196. The molecule has 0 radical (unpaired) electrons. The highest BCUT2D eigenvalue weighted by Gasteiger charge is 2.21. The van der Waals surface area contributed by atoms with Crippen molar-refractivity contribution < 1.29 is 9.53 Å². The fraction of sp³-hybridized carbons (Fsp3) is 0.333. The first-order valence-corrected chi connectivity index (χ1v) is 6.88. The highest BCUT2D eigenvalue weighted by molar-refractivity contribution is 5.89. The fourth-order valence-electron chi connectivity index (χ4n) is 2.49. The molecule has 21 heavy (non-hydrogen) atoms. The van der Waals surface area contributed by atoms with Crippen LogP contribution in [0.1, 0.15) is 11.5 Å². The molecule has 6 nitrogen and oxygen atoms in total. The number of hydrogen-bond donors (Lipinski definition) is 1. The highest BCUT2D eigenvalue weighted by atomic mass is 16.5. The minimum atomic E-state index is -0.0923. The largest absolute Gasteiger partial charge is 0.497 e. The number of benzene rings is 1. The van der Waals surface area contributed by atoms with Crippen molar-refractivity contribution in [2.75, 3.05) is 19.0 Å². The van der Waals surface area contributed by atoms with Crippen LogP contribution < -0.4 is 10.1 Å². The normalized spacial score (nSPS) is 13.7. The minimum absolute atomic E-state index is 0.0923. The van der Waals surface area contributed by atoms with Gasteiger partial charge in [0.25, 0.3) is 0 Å². The molecule has 1 aromatic heterocycles. The van der Waals surface area contributed by atoms with E-state index in [4.69, 9.17) is 4.74 Å². The maximum atomic E-state index is 12.3. The van der Waals surface area contributed by atoms with Crippen molar-refractivity contribution in [2.45, 2.75) is 20.0 Å². The van der Waals surface area contributed by atoms with E-state index in [1.807, 2.05) is 37.4 Å². The van der Waals surface area contributed by atoms with Crippen LogP contribution >= 0.6 is 0 Å². The molecule has 2 heterocycles. The summed E-state index contributed by atoms with van der Waals surface area (Å²) in [5, 5.41) is 2.90. The molecular formula is C15H18N4O2. The topological polar surface area (TPSA) is 59.4 Å². The summed E-state index contributed by atoms with van der Waals surface area (Å²) in [5.74, 6) is 1.77. The molecule has 1 aliphatic rings. The molecule has 2 amide bonds. The van der Waals surface area contributed by atoms with Crippen molar-refractivity contribution in [2.24, 2.45) is 0 Å². The van der Waals surface area contributed by atoms with Gasteiger partial charge in [-0.2, -0.15) is 0 Å². The van der Waals surface area contributed by atoms with E-state index in [0.717, 1.165) is 29.5 Å². The van der Waals surface area contributed by atoms with Gasteiger partial charge >= 0.3 is 6.03 Å². The van der Waals surface area contributed by atoms with Crippen LogP contribution in [0.4, 0.5) is 10.5 Å². The van der Waals surface area contributed by atoms with E-state index in [2.05, 4.69) is 14.9 Å². The molecule has 1 aromatic carbocycles. The molecule has 0 fully saturated rings. The van der Waals surface area contributed by atoms with Gasteiger partial charge in [0.15, 0.2) is 0 Å². The Balaban J connectivity index is 1.66. The molecular weight excluding hydrogens is 268 g/mol. The van der Waals surface area contributed by atoms with E-state index >= 15 is 0 Å². The number of ether oxygens (including phenoxy) is 1. The Morgan fingerprint density at radius 3 is 2.76 bits per heavy atom. The lowest BCUT2D eigenvalue weighted by atomic mass is 10.3. The first kappa shape index (κ1) is 13.5. The van der Waals surface area contributed by atoms with Gasteiger partial charge in [0.05, 0.1) is 25.5 Å². The van der Waals surface area contributed by atoms with Gasteiger partial charge in [-0.05, 0) is 31.2 Å². The van der Waals surface area contributed by atoms with Gasteiger partial charge in [-0.15, -0.1) is 0 Å². The number of hydrogen-bond acceptors (Lipinski definition) is 3. The second-order valence-corrected chi connectivity index (χ2v) is 5.03. The average molecular weight is 286 g/mol. The lowest BCUT2D eigenvalue weighted by Gasteiger charge is -2.28. The Kier molecular flexibility index (Phi) is 3.51. The molecule has 0 atom stereocenters. The molecule has 0 aliphatic carbocycles. The summed E-state index contributed by atoms with van der Waals surface area (Å²) in [5.41, 5.74) is 1.83. The van der Waals surface area contributed by atoms with Gasteiger partial charge < -0.3 is 19.5 Å². The zero-order chi connectivity index (χ0) is 14.8. The molecule has 6 heteroatoms. The number of aromatic nitrogens is 2. The molecule has 110 valence electrons. The summed E-state index contributed by atoms with van der Waals surface area (Å²) in [6, 6.07) is 7.21. The number of aryl methyl sites for hydroxylation is 1. The summed E-state index contributed by atoms with van der Waals surface area (Å²) >= 11 is 0. The van der Waals surface area contributed by atoms with Crippen molar-refractivity contribution in [3.8, 4) is 5.75 Å². The molecule has 0 saturated heterocycles. The van der Waals surface area contributed by atoms with Crippen molar-refractivity contribution in [3.05, 3.63) is 42.0 Å². The summed E-state index contributed by atoms with van der Waals surface area (Å²) in [4.78, 5) is 18.4. The maximum absolute atomic E-state index is 12.3. The monoisotopic (exact) mass is 286 g/mol. The summed E-state index contributed by atoms with van der Waals surface area (Å²) in [6.45, 7) is 4.04. The first-order chi connectivity index (χ1) is 10.2. The van der Waals surface area contributed by atoms with E-state index in [1.165, 1.54) is 0 Å². The predicted molar refractivity (Wildman–Crippen MR) is 79.4 cm³/mol. The predicted octanol–water partition coefficient (Wildman–Crippen LogP) is 2.25. The molecule has 0 saturated carbocycles. The van der Waals surface area contributed by atoms with E-state index < -0.39 is 0 Å². The number of amides is 2. The third kappa shape index (κ3) is 2.69. The van der Waals surface area contributed by atoms with Gasteiger partial charge in [0, 0.05) is 18.8 Å². The molecule has 0 spiro atoms. The third-order valence-corrected chi connectivity index (χ3v) is 3.71. The third-order valence-electron chi connectivity index (χ3n) is 3.71. The second-order valence-electron chi connectivity index (χ2n) is 5.03.